The highest BCUT2D eigenvalue weighted by molar-refractivity contribution is 6.03. The number of carbonyl (C=O) groups is 1. The van der Waals surface area contributed by atoms with Crippen LogP contribution in [0.2, 0.25) is 0 Å². The highest BCUT2D eigenvalue weighted by Gasteiger charge is 2.07. The van der Waals surface area contributed by atoms with Gasteiger partial charge in [0.25, 0.3) is 5.91 Å². The quantitative estimate of drug-likeness (QED) is 0.872. The molecule has 2 rings (SSSR count). The molecule has 0 spiro atoms. The molecule has 0 saturated carbocycles. The first-order valence-electron chi connectivity index (χ1n) is 6.50. The number of rotatable bonds is 5. The molecular weight excluding hydrogens is 254 g/mol. The number of pyridine rings is 1. The molecule has 0 saturated heterocycles. The molecule has 1 atom stereocenters. The fourth-order valence-electron chi connectivity index (χ4n) is 1.52. The van der Waals surface area contributed by atoms with Gasteiger partial charge in [0.1, 0.15) is 5.82 Å². The number of nitrogens with zero attached hydrogens (tertiary/aromatic N) is 3. The second kappa shape index (κ2) is 6.60. The molecule has 0 aliphatic heterocycles. The molecule has 0 fully saturated rings. The average Bonchev–Trinajstić information content (AvgIpc) is 2.50. The second-order valence-electron chi connectivity index (χ2n) is 4.45. The predicted octanol–water partition coefficient (Wildman–Crippen LogP) is 2.33. The Kier molecular flexibility index (Phi) is 4.60. The van der Waals surface area contributed by atoms with Crippen molar-refractivity contribution in [3.63, 3.8) is 0 Å². The Hall–Kier alpha value is -2.50. The molecule has 2 heterocycles. The molecule has 0 aliphatic carbocycles. The van der Waals surface area contributed by atoms with Crippen LogP contribution in [0.25, 0.3) is 0 Å². The van der Waals surface area contributed by atoms with E-state index in [4.69, 9.17) is 0 Å². The topological polar surface area (TPSA) is 79.8 Å². The monoisotopic (exact) mass is 271 g/mol. The van der Waals surface area contributed by atoms with Crippen LogP contribution in [-0.2, 0) is 0 Å². The van der Waals surface area contributed by atoms with E-state index in [9.17, 15) is 4.79 Å². The third kappa shape index (κ3) is 3.74. The summed E-state index contributed by atoms with van der Waals surface area (Å²) < 4.78 is 0. The summed E-state index contributed by atoms with van der Waals surface area (Å²) in [4.78, 5) is 15.8. The van der Waals surface area contributed by atoms with Crippen molar-refractivity contribution in [3.8, 4) is 0 Å². The van der Waals surface area contributed by atoms with E-state index in [0.717, 1.165) is 6.42 Å². The van der Waals surface area contributed by atoms with Crippen LogP contribution < -0.4 is 10.6 Å². The van der Waals surface area contributed by atoms with E-state index in [1.807, 2.05) is 0 Å². The minimum atomic E-state index is -0.255. The van der Waals surface area contributed by atoms with Gasteiger partial charge in [-0.3, -0.25) is 9.78 Å². The van der Waals surface area contributed by atoms with Crippen LogP contribution in [0.5, 0.6) is 0 Å². The Labute approximate surface area is 117 Å². The third-order valence-corrected chi connectivity index (χ3v) is 2.84. The summed E-state index contributed by atoms with van der Waals surface area (Å²) in [5, 5.41) is 13.9. The minimum absolute atomic E-state index is 0.255. The van der Waals surface area contributed by atoms with Crippen LogP contribution in [-0.4, -0.2) is 27.1 Å². The maximum atomic E-state index is 11.9. The van der Waals surface area contributed by atoms with Crippen molar-refractivity contribution in [3.05, 3.63) is 42.2 Å². The third-order valence-electron chi connectivity index (χ3n) is 2.84. The second-order valence-corrected chi connectivity index (χ2v) is 4.45. The summed E-state index contributed by atoms with van der Waals surface area (Å²) in [6.45, 7) is 4.16. The van der Waals surface area contributed by atoms with Crippen molar-refractivity contribution in [1.29, 1.82) is 0 Å². The largest absolute Gasteiger partial charge is 0.366 e. The molecule has 0 bridgehead atoms. The Balaban J connectivity index is 1.99. The number of nitrogens with one attached hydrogen (secondary N) is 2. The van der Waals surface area contributed by atoms with Crippen LogP contribution in [0.15, 0.2) is 36.7 Å². The fraction of sp³-hybridized carbons (Fsp3) is 0.286. The van der Waals surface area contributed by atoms with Crippen molar-refractivity contribution >= 4 is 17.5 Å². The van der Waals surface area contributed by atoms with E-state index >= 15 is 0 Å². The molecule has 0 radical (unpaired) electrons. The molecule has 2 N–H and O–H groups in total. The van der Waals surface area contributed by atoms with Crippen LogP contribution in [0, 0.1) is 0 Å². The lowest BCUT2D eigenvalue weighted by Crippen LogP contribution is -2.16. The van der Waals surface area contributed by atoms with Gasteiger partial charge in [0.15, 0.2) is 5.82 Å². The molecule has 2 aromatic rings. The number of hydrogen-bond acceptors (Lipinski definition) is 5. The standard InChI is InChI=1S/C14H17N5O/c1-3-10(2)16-12-6-7-13(19-18-12)17-14(20)11-5-4-8-15-9-11/h4-10H,3H2,1-2H3,(H,16,18)(H,17,19,20). The van der Waals surface area contributed by atoms with Crippen LogP contribution in [0.3, 0.4) is 0 Å². The molecule has 6 heteroatoms. The summed E-state index contributed by atoms with van der Waals surface area (Å²) in [7, 11) is 0. The van der Waals surface area contributed by atoms with E-state index in [2.05, 4.69) is 39.7 Å². The zero-order valence-electron chi connectivity index (χ0n) is 11.5. The summed E-state index contributed by atoms with van der Waals surface area (Å²) in [5.74, 6) is 0.849. The lowest BCUT2D eigenvalue weighted by atomic mass is 10.2. The number of carbonyl (C=O) groups excluding carboxylic acids is 1. The van der Waals surface area contributed by atoms with E-state index in [0.29, 0.717) is 23.2 Å². The number of amides is 1. The van der Waals surface area contributed by atoms with Crippen LogP contribution in [0.4, 0.5) is 11.6 Å². The maximum absolute atomic E-state index is 11.9. The predicted molar refractivity (Wildman–Crippen MR) is 77.6 cm³/mol. The summed E-state index contributed by atoms with van der Waals surface area (Å²) in [5.41, 5.74) is 0.483. The van der Waals surface area contributed by atoms with Gasteiger partial charge in [-0.15, -0.1) is 10.2 Å². The molecule has 2 aromatic heterocycles. The van der Waals surface area contributed by atoms with Crippen LogP contribution >= 0.6 is 0 Å². The molecule has 1 amide bonds. The zero-order valence-corrected chi connectivity index (χ0v) is 11.5. The molecule has 104 valence electrons. The average molecular weight is 271 g/mol. The Morgan fingerprint density at radius 3 is 2.60 bits per heavy atom. The number of anilines is 2. The highest BCUT2D eigenvalue weighted by Crippen LogP contribution is 2.09. The van der Waals surface area contributed by atoms with E-state index in [-0.39, 0.29) is 5.91 Å². The first-order chi connectivity index (χ1) is 9.69. The molecule has 0 aromatic carbocycles. The maximum Gasteiger partial charge on any atom is 0.258 e. The van der Waals surface area contributed by atoms with Gasteiger partial charge in [-0.2, -0.15) is 0 Å². The van der Waals surface area contributed by atoms with Crippen molar-refractivity contribution in [2.24, 2.45) is 0 Å². The molecular formula is C14H17N5O. The van der Waals surface area contributed by atoms with Gasteiger partial charge in [-0.05, 0) is 37.6 Å². The highest BCUT2D eigenvalue weighted by atomic mass is 16.1. The van der Waals surface area contributed by atoms with Crippen molar-refractivity contribution in [2.75, 3.05) is 10.6 Å². The van der Waals surface area contributed by atoms with Gasteiger partial charge in [-0.1, -0.05) is 6.92 Å². The van der Waals surface area contributed by atoms with Gasteiger partial charge in [0.2, 0.25) is 0 Å². The van der Waals surface area contributed by atoms with E-state index < -0.39 is 0 Å². The van der Waals surface area contributed by atoms with Crippen LogP contribution in [0.1, 0.15) is 30.6 Å². The van der Waals surface area contributed by atoms with Gasteiger partial charge < -0.3 is 10.6 Å². The molecule has 20 heavy (non-hydrogen) atoms. The lowest BCUT2D eigenvalue weighted by molar-refractivity contribution is 0.102. The molecule has 6 nitrogen and oxygen atoms in total. The van der Waals surface area contributed by atoms with E-state index in [1.165, 1.54) is 6.20 Å². The first-order valence-corrected chi connectivity index (χ1v) is 6.50. The smallest absolute Gasteiger partial charge is 0.258 e. The Morgan fingerprint density at radius 2 is 2.00 bits per heavy atom. The minimum Gasteiger partial charge on any atom is -0.366 e. The lowest BCUT2D eigenvalue weighted by Gasteiger charge is -2.11. The Morgan fingerprint density at radius 1 is 1.25 bits per heavy atom. The van der Waals surface area contributed by atoms with Gasteiger partial charge in [0.05, 0.1) is 5.56 Å². The van der Waals surface area contributed by atoms with Gasteiger partial charge in [-0.25, -0.2) is 0 Å². The summed E-state index contributed by atoms with van der Waals surface area (Å²) in [6.07, 6.45) is 4.12. The van der Waals surface area contributed by atoms with Crippen molar-refractivity contribution in [2.45, 2.75) is 26.3 Å². The van der Waals surface area contributed by atoms with E-state index in [1.54, 1.807) is 30.5 Å². The summed E-state index contributed by atoms with van der Waals surface area (Å²) in [6, 6.07) is 7.23. The molecule has 1 unspecified atom stereocenters. The Bertz CT molecular complexity index is 556. The van der Waals surface area contributed by atoms with Crippen molar-refractivity contribution < 1.29 is 4.79 Å². The SMILES string of the molecule is CCC(C)Nc1ccc(NC(=O)c2cccnc2)nn1. The number of aromatic nitrogens is 3. The first kappa shape index (κ1) is 13.9. The zero-order chi connectivity index (χ0) is 14.4. The van der Waals surface area contributed by atoms with Gasteiger partial charge >= 0.3 is 0 Å². The fourth-order valence-corrected chi connectivity index (χ4v) is 1.52. The van der Waals surface area contributed by atoms with Gasteiger partial charge in [0, 0.05) is 18.4 Å². The number of hydrogen-bond donors (Lipinski definition) is 2. The normalized spacial score (nSPS) is 11.7. The van der Waals surface area contributed by atoms with Crippen molar-refractivity contribution in [1.82, 2.24) is 15.2 Å². The molecule has 0 aliphatic rings. The summed E-state index contributed by atoms with van der Waals surface area (Å²) >= 11 is 0.